The SMILES string of the molecule is CC(=O)Oc1ccc(-c2c(N(CCCCCCCC(=O)O)C(C)=O)c3cc(OC(C)=O)ccc3n2C)cc1. The van der Waals surface area contributed by atoms with Crippen molar-refractivity contribution in [2.24, 2.45) is 7.05 Å². The Labute approximate surface area is 221 Å². The van der Waals surface area contributed by atoms with Crippen LogP contribution in [-0.2, 0) is 26.2 Å². The number of carbonyl (C=O) groups excluding carboxylic acids is 3. The van der Waals surface area contributed by atoms with Gasteiger partial charge in [0.05, 0.1) is 16.9 Å². The smallest absolute Gasteiger partial charge is 0.308 e. The van der Waals surface area contributed by atoms with Crippen molar-refractivity contribution in [3.63, 3.8) is 0 Å². The van der Waals surface area contributed by atoms with E-state index in [2.05, 4.69) is 0 Å². The minimum atomic E-state index is -0.787. The van der Waals surface area contributed by atoms with Crippen LogP contribution in [0.15, 0.2) is 42.5 Å². The fourth-order valence-electron chi connectivity index (χ4n) is 4.59. The van der Waals surface area contributed by atoms with Crippen LogP contribution in [0.25, 0.3) is 22.2 Å². The van der Waals surface area contributed by atoms with E-state index in [1.165, 1.54) is 20.8 Å². The molecule has 0 aliphatic heterocycles. The number of hydrogen-bond acceptors (Lipinski definition) is 6. The third-order valence-corrected chi connectivity index (χ3v) is 6.22. The number of nitrogens with zero attached hydrogens (tertiary/aromatic N) is 2. The van der Waals surface area contributed by atoms with Gasteiger partial charge in [0.1, 0.15) is 11.5 Å². The van der Waals surface area contributed by atoms with Gasteiger partial charge in [0.2, 0.25) is 5.91 Å². The average Bonchev–Trinajstić information content (AvgIpc) is 3.11. The summed E-state index contributed by atoms with van der Waals surface area (Å²) in [6.07, 6.45) is 4.13. The number of unbranched alkanes of at least 4 members (excludes halogenated alkanes) is 4. The number of carboxylic acid groups (broad SMARTS) is 1. The summed E-state index contributed by atoms with van der Waals surface area (Å²) in [6.45, 7) is 4.68. The molecular formula is C29H34N2O7. The lowest BCUT2D eigenvalue weighted by molar-refractivity contribution is -0.137. The number of hydrogen-bond donors (Lipinski definition) is 1. The van der Waals surface area contributed by atoms with E-state index < -0.39 is 17.9 Å². The van der Waals surface area contributed by atoms with Gasteiger partial charge in [0.25, 0.3) is 0 Å². The second-order valence-electron chi connectivity index (χ2n) is 9.23. The molecule has 1 N–H and O–H groups in total. The van der Waals surface area contributed by atoms with E-state index in [1.54, 1.807) is 29.2 Å². The maximum atomic E-state index is 13.0. The number of anilines is 1. The Morgan fingerprint density at radius 3 is 2.00 bits per heavy atom. The van der Waals surface area contributed by atoms with E-state index in [4.69, 9.17) is 14.6 Å². The number of esters is 2. The molecule has 202 valence electrons. The van der Waals surface area contributed by atoms with Crippen LogP contribution in [0, 0.1) is 0 Å². The number of carboxylic acids is 1. The fraction of sp³-hybridized carbons (Fsp3) is 0.379. The Balaban J connectivity index is 2.00. The van der Waals surface area contributed by atoms with Crippen LogP contribution in [0.3, 0.4) is 0 Å². The van der Waals surface area contributed by atoms with Crippen molar-refractivity contribution in [1.29, 1.82) is 0 Å². The number of aromatic nitrogens is 1. The molecule has 1 heterocycles. The van der Waals surface area contributed by atoms with Gasteiger partial charge < -0.3 is 24.0 Å². The van der Waals surface area contributed by atoms with Crippen molar-refractivity contribution in [3.8, 4) is 22.8 Å². The third-order valence-electron chi connectivity index (χ3n) is 6.22. The van der Waals surface area contributed by atoms with Gasteiger partial charge in [0.15, 0.2) is 0 Å². The summed E-state index contributed by atoms with van der Waals surface area (Å²) in [6, 6.07) is 12.4. The van der Waals surface area contributed by atoms with E-state index in [1.807, 2.05) is 29.8 Å². The highest BCUT2D eigenvalue weighted by Crippen LogP contribution is 2.42. The van der Waals surface area contributed by atoms with Crippen LogP contribution in [0.4, 0.5) is 5.69 Å². The quantitative estimate of drug-likeness (QED) is 0.190. The Morgan fingerprint density at radius 2 is 1.39 bits per heavy atom. The minimum absolute atomic E-state index is 0.126. The van der Waals surface area contributed by atoms with Crippen molar-refractivity contribution in [2.45, 2.75) is 59.3 Å². The Hall–Kier alpha value is -4.14. The molecule has 0 aliphatic rings. The normalized spacial score (nSPS) is 10.8. The zero-order valence-electron chi connectivity index (χ0n) is 22.3. The maximum absolute atomic E-state index is 13.0. The monoisotopic (exact) mass is 522 g/mol. The van der Waals surface area contributed by atoms with Crippen LogP contribution in [0.2, 0.25) is 0 Å². The molecule has 9 heteroatoms. The lowest BCUT2D eigenvalue weighted by atomic mass is 10.1. The zero-order chi connectivity index (χ0) is 27.8. The van der Waals surface area contributed by atoms with Crippen molar-refractivity contribution >= 4 is 40.4 Å². The molecule has 3 aromatic rings. The van der Waals surface area contributed by atoms with Gasteiger partial charge in [-0.05, 0) is 55.3 Å². The van der Waals surface area contributed by atoms with E-state index in [-0.39, 0.29) is 12.3 Å². The van der Waals surface area contributed by atoms with Gasteiger partial charge in [-0.2, -0.15) is 0 Å². The molecule has 1 aromatic heterocycles. The molecule has 0 aliphatic carbocycles. The number of rotatable bonds is 12. The first-order chi connectivity index (χ1) is 18.1. The first-order valence-electron chi connectivity index (χ1n) is 12.7. The van der Waals surface area contributed by atoms with E-state index >= 15 is 0 Å². The molecule has 0 spiro atoms. The molecule has 0 fully saturated rings. The average molecular weight is 523 g/mol. The van der Waals surface area contributed by atoms with Crippen molar-refractivity contribution in [3.05, 3.63) is 42.5 Å². The Bertz CT molecular complexity index is 1320. The largest absolute Gasteiger partial charge is 0.481 e. The Kier molecular flexibility index (Phi) is 9.65. The van der Waals surface area contributed by atoms with Gasteiger partial charge in [-0.15, -0.1) is 0 Å². The highest BCUT2D eigenvalue weighted by atomic mass is 16.5. The highest BCUT2D eigenvalue weighted by molar-refractivity contribution is 6.09. The van der Waals surface area contributed by atoms with Crippen LogP contribution in [0.5, 0.6) is 11.5 Å². The maximum Gasteiger partial charge on any atom is 0.308 e. The number of carbonyl (C=O) groups is 4. The third kappa shape index (κ3) is 7.21. The molecule has 9 nitrogen and oxygen atoms in total. The summed E-state index contributed by atoms with van der Waals surface area (Å²) >= 11 is 0. The van der Waals surface area contributed by atoms with E-state index in [9.17, 15) is 19.2 Å². The lowest BCUT2D eigenvalue weighted by Crippen LogP contribution is -2.30. The van der Waals surface area contributed by atoms with Crippen LogP contribution in [-0.4, -0.2) is 40.0 Å². The second-order valence-corrected chi connectivity index (χ2v) is 9.23. The molecule has 0 atom stereocenters. The highest BCUT2D eigenvalue weighted by Gasteiger charge is 2.25. The number of aryl methyl sites for hydroxylation is 1. The Morgan fingerprint density at radius 1 is 0.816 bits per heavy atom. The summed E-state index contributed by atoms with van der Waals surface area (Å²) in [4.78, 5) is 48.4. The molecule has 0 unspecified atom stereocenters. The first-order valence-corrected chi connectivity index (χ1v) is 12.7. The zero-order valence-corrected chi connectivity index (χ0v) is 22.3. The van der Waals surface area contributed by atoms with E-state index in [0.717, 1.165) is 47.8 Å². The molecule has 0 bridgehead atoms. The van der Waals surface area contributed by atoms with Crippen LogP contribution < -0.4 is 14.4 Å². The molecule has 0 radical (unpaired) electrons. The number of fused-ring (bicyclic) bond motifs is 1. The molecule has 3 rings (SSSR count). The van der Waals surface area contributed by atoms with Crippen LogP contribution in [0.1, 0.15) is 59.3 Å². The molecule has 38 heavy (non-hydrogen) atoms. The summed E-state index contributed by atoms with van der Waals surface area (Å²) < 4.78 is 12.5. The molecule has 0 saturated heterocycles. The van der Waals surface area contributed by atoms with Gasteiger partial charge >= 0.3 is 17.9 Å². The van der Waals surface area contributed by atoms with Gasteiger partial charge in [-0.25, -0.2) is 0 Å². The lowest BCUT2D eigenvalue weighted by Gasteiger charge is -2.23. The van der Waals surface area contributed by atoms with Gasteiger partial charge in [0, 0.05) is 51.7 Å². The summed E-state index contributed by atoms with van der Waals surface area (Å²) in [7, 11) is 1.91. The molecule has 2 aromatic carbocycles. The van der Waals surface area contributed by atoms with Crippen molar-refractivity contribution < 1.29 is 33.8 Å². The van der Waals surface area contributed by atoms with E-state index in [0.29, 0.717) is 30.2 Å². The number of amides is 1. The van der Waals surface area contributed by atoms with Crippen molar-refractivity contribution in [1.82, 2.24) is 4.57 Å². The van der Waals surface area contributed by atoms with Crippen LogP contribution >= 0.6 is 0 Å². The topological polar surface area (TPSA) is 115 Å². The standard InChI is InChI=1S/C29H34N2O7/c1-19(32)31(17-9-7-5-6-8-10-27(35)36)29-25-18-24(38-21(3)34)15-16-26(25)30(4)28(29)22-11-13-23(14-12-22)37-20(2)33/h11-16,18H,5-10,17H2,1-4H3,(H,35,36). The number of aliphatic carboxylic acids is 1. The summed E-state index contributed by atoms with van der Waals surface area (Å²) in [5, 5.41) is 9.58. The van der Waals surface area contributed by atoms with Gasteiger partial charge in [-0.3, -0.25) is 19.2 Å². The predicted octanol–water partition coefficient (Wildman–Crippen LogP) is 5.47. The fourth-order valence-corrected chi connectivity index (χ4v) is 4.59. The number of benzene rings is 2. The molecule has 1 amide bonds. The minimum Gasteiger partial charge on any atom is -0.481 e. The summed E-state index contributed by atoms with van der Waals surface area (Å²) in [5.41, 5.74) is 3.18. The van der Waals surface area contributed by atoms with Gasteiger partial charge in [-0.1, -0.05) is 19.3 Å². The second kappa shape index (κ2) is 12.9. The predicted molar refractivity (Wildman–Crippen MR) is 144 cm³/mol. The van der Waals surface area contributed by atoms with Crippen molar-refractivity contribution in [2.75, 3.05) is 11.4 Å². The number of ether oxygens (including phenoxy) is 2. The molecule has 0 saturated carbocycles. The molecular weight excluding hydrogens is 488 g/mol. The summed E-state index contributed by atoms with van der Waals surface area (Å²) in [5.74, 6) is -0.953. The first kappa shape index (κ1) is 28.4.